The summed E-state index contributed by atoms with van der Waals surface area (Å²) in [4.78, 5) is 32.6. The van der Waals surface area contributed by atoms with Gasteiger partial charge in [-0.25, -0.2) is 19.9 Å². The standard InChI is InChI=1S/C18H18N6O2S/c1-12-15(27-18(22-12)16-19-5-2-6-20-16)17(25)23-13-3-4-14(21-11-13)24-7-9-26-10-8-24/h2-6,11H,7-10H2,1H3,(H,23,25). The SMILES string of the molecule is Cc1nc(-c2ncccn2)sc1C(=O)Nc1ccc(N2CCOCC2)nc1. The summed E-state index contributed by atoms with van der Waals surface area (Å²) in [5.74, 6) is 1.18. The number of carbonyl (C=O) groups is 1. The van der Waals surface area contributed by atoms with Crippen LogP contribution in [0.5, 0.6) is 0 Å². The average Bonchev–Trinajstić information content (AvgIpc) is 3.12. The van der Waals surface area contributed by atoms with Crippen molar-refractivity contribution >= 4 is 28.7 Å². The first-order valence-corrected chi connectivity index (χ1v) is 9.37. The fourth-order valence-electron chi connectivity index (χ4n) is 2.74. The van der Waals surface area contributed by atoms with Crippen LogP contribution in [0.2, 0.25) is 0 Å². The Balaban J connectivity index is 1.47. The summed E-state index contributed by atoms with van der Waals surface area (Å²) in [7, 11) is 0. The minimum Gasteiger partial charge on any atom is -0.378 e. The highest BCUT2D eigenvalue weighted by Crippen LogP contribution is 2.26. The van der Waals surface area contributed by atoms with Crippen molar-refractivity contribution in [1.82, 2.24) is 19.9 Å². The van der Waals surface area contributed by atoms with Crippen molar-refractivity contribution in [2.24, 2.45) is 0 Å². The highest BCUT2D eigenvalue weighted by Gasteiger charge is 2.18. The molecule has 1 N–H and O–H groups in total. The maximum absolute atomic E-state index is 12.6. The number of carbonyl (C=O) groups excluding carboxylic acids is 1. The predicted octanol–water partition coefficient (Wildman–Crippen LogP) is 2.39. The molecule has 0 aromatic carbocycles. The minimum absolute atomic E-state index is 0.215. The van der Waals surface area contributed by atoms with E-state index in [4.69, 9.17) is 4.74 Å². The number of ether oxygens (including phenoxy) is 1. The molecule has 4 rings (SSSR count). The number of aromatic nitrogens is 4. The topological polar surface area (TPSA) is 93.1 Å². The molecule has 1 saturated heterocycles. The molecule has 0 saturated carbocycles. The number of amides is 1. The van der Waals surface area contributed by atoms with E-state index in [0.717, 1.165) is 18.9 Å². The number of hydrogen-bond acceptors (Lipinski definition) is 8. The number of aryl methyl sites for hydroxylation is 1. The summed E-state index contributed by atoms with van der Waals surface area (Å²) >= 11 is 1.28. The van der Waals surface area contributed by atoms with E-state index in [1.165, 1.54) is 11.3 Å². The summed E-state index contributed by atoms with van der Waals surface area (Å²) in [6.07, 6.45) is 4.97. The number of nitrogens with zero attached hydrogens (tertiary/aromatic N) is 5. The lowest BCUT2D eigenvalue weighted by atomic mass is 10.3. The number of nitrogens with one attached hydrogen (secondary N) is 1. The molecule has 9 heteroatoms. The van der Waals surface area contributed by atoms with Gasteiger partial charge in [-0.05, 0) is 25.1 Å². The van der Waals surface area contributed by atoms with Gasteiger partial charge in [-0.1, -0.05) is 0 Å². The van der Waals surface area contributed by atoms with Crippen molar-refractivity contribution in [3.8, 4) is 10.8 Å². The van der Waals surface area contributed by atoms with Crippen LogP contribution in [0.1, 0.15) is 15.4 Å². The molecule has 1 amide bonds. The molecule has 8 nitrogen and oxygen atoms in total. The molecule has 0 spiro atoms. The second-order valence-corrected chi connectivity index (χ2v) is 6.96. The summed E-state index contributed by atoms with van der Waals surface area (Å²) in [6.45, 7) is 4.86. The van der Waals surface area contributed by atoms with Crippen molar-refractivity contribution < 1.29 is 9.53 Å². The lowest BCUT2D eigenvalue weighted by molar-refractivity contribution is 0.102. The highest BCUT2D eigenvalue weighted by atomic mass is 32.1. The summed E-state index contributed by atoms with van der Waals surface area (Å²) in [5.41, 5.74) is 1.29. The van der Waals surface area contributed by atoms with Crippen LogP contribution in [0.25, 0.3) is 10.8 Å². The Kier molecular flexibility index (Phi) is 5.03. The Hall–Kier alpha value is -2.91. The number of rotatable bonds is 4. The molecular weight excluding hydrogens is 364 g/mol. The number of pyridine rings is 1. The smallest absolute Gasteiger partial charge is 0.267 e. The van der Waals surface area contributed by atoms with Crippen LogP contribution >= 0.6 is 11.3 Å². The van der Waals surface area contributed by atoms with E-state index in [1.807, 2.05) is 12.1 Å². The zero-order chi connectivity index (χ0) is 18.6. The third kappa shape index (κ3) is 3.93. The van der Waals surface area contributed by atoms with Crippen LogP contribution in [-0.4, -0.2) is 52.1 Å². The lowest BCUT2D eigenvalue weighted by Gasteiger charge is -2.27. The van der Waals surface area contributed by atoms with Gasteiger partial charge in [0.15, 0.2) is 10.8 Å². The molecule has 3 aromatic heterocycles. The second kappa shape index (κ2) is 7.77. The van der Waals surface area contributed by atoms with Gasteiger partial charge >= 0.3 is 0 Å². The molecule has 3 aromatic rings. The molecule has 27 heavy (non-hydrogen) atoms. The number of anilines is 2. The molecule has 4 heterocycles. The maximum Gasteiger partial charge on any atom is 0.267 e. The molecule has 138 valence electrons. The van der Waals surface area contributed by atoms with Gasteiger partial charge in [-0.3, -0.25) is 4.79 Å². The number of morpholine rings is 1. The van der Waals surface area contributed by atoms with Crippen LogP contribution in [0, 0.1) is 6.92 Å². The van der Waals surface area contributed by atoms with Crippen molar-refractivity contribution in [2.75, 3.05) is 36.5 Å². The molecule has 0 atom stereocenters. The molecule has 0 bridgehead atoms. The van der Waals surface area contributed by atoms with Crippen molar-refractivity contribution in [3.05, 3.63) is 47.4 Å². The average molecular weight is 382 g/mol. The second-order valence-electron chi connectivity index (χ2n) is 5.96. The molecule has 0 aliphatic carbocycles. The van der Waals surface area contributed by atoms with E-state index in [-0.39, 0.29) is 5.91 Å². The van der Waals surface area contributed by atoms with Crippen molar-refractivity contribution in [1.29, 1.82) is 0 Å². The van der Waals surface area contributed by atoms with Gasteiger partial charge in [-0.2, -0.15) is 0 Å². The van der Waals surface area contributed by atoms with Crippen molar-refractivity contribution in [2.45, 2.75) is 6.92 Å². The van der Waals surface area contributed by atoms with Crippen LogP contribution in [-0.2, 0) is 4.74 Å². The normalized spacial score (nSPS) is 14.2. The van der Waals surface area contributed by atoms with Crippen LogP contribution in [0.15, 0.2) is 36.8 Å². The Morgan fingerprint density at radius 3 is 2.67 bits per heavy atom. The fourth-order valence-corrected chi connectivity index (χ4v) is 3.65. The first-order chi connectivity index (χ1) is 13.2. The lowest BCUT2D eigenvalue weighted by Crippen LogP contribution is -2.36. The van der Waals surface area contributed by atoms with Gasteiger partial charge in [0.05, 0.1) is 30.8 Å². The molecule has 0 radical (unpaired) electrons. The zero-order valence-corrected chi connectivity index (χ0v) is 15.6. The van der Waals surface area contributed by atoms with Gasteiger partial charge in [0.1, 0.15) is 10.7 Å². The van der Waals surface area contributed by atoms with Gasteiger partial charge in [0.2, 0.25) is 0 Å². The number of hydrogen-bond donors (Lipinski definition) is 1. The third-order valence-electron chi connectivity index (χ3n) is 4.10. The third-order valence-corrected chi connectivity index (χ3v) is 5.25. The number of thiazole rings is 1. The van der Waals surface area contributed by atoms with E-state index >= 15 is 0 Å². The van der Waals surface area contributed by atoms with Gasteiger partial charge in [-0.15, -0.1) is 11.3 Å². The molecule has 1 aliphatic rings. The van der Waals surface area contributed by atoms with Gasteiger partial charge in [0.25, 0.3) is 5.91 Å². The van der Waals surface area contributed by atoms with E-state index in [2.05, 4.69) is 30.2 Å². The minimum atomic E-state index is -0.215. The first kappa shape index (κ1) is 17.5. The van der Waals surface area contributed by atoms with E-state index in [9.17, 15) is 4.79 Å². The molecule has 0 unspecified atom stereocenters. The Bertz CT molecular complexity index is 923. The highest BCUT2D eigenvalue weighted by molar-refractivity contribution is 7.17. The van der Waals surface area contributed by atoms with E-state index < -0.39 is 0 Å². The Morgan fingerprint density at radius 1 is 1.19 bits per heavy atom. The maximum atomic E-state index is 12.6. The molecule has 1 aliphatic heterocycles. The Morgan fingerprint density at radius 2 is 1.96 bits per heavy atom. The molecular formula is C18H18N6O2S. The summed E-state index contributed by atoms with van der Waals surface area (Å²) < 4.78 is 5.35. The van der Waals surface area contributed by atoms with Gasteiger partial charge in [0, 0.05) is 25.5 Å². The van der Waals surface area contributed by atoms with Crippen LogP contribution in [0.4, 0.5) is 11.5 Å². The monoisotopic (exact) mass is 382 g/mol. The summed E-state index contributed by atoms with van der Waals surface area (Å²) in [6, 6.07) is 5.50. The van der Waals surface area contributed by atoms with E-state index in [1.54, 1.807) is 31.6 Å². The first-order valence-electron chi connectivity index (χ1n) is 8.55. The van der Waals surface area contributed by atoms with Crippen molar-refractivity contribution in [3.63, 3.8) is 0 Å². The molecule has 1 fully saturated rings. The fraction of sp³-hybridized carbons (Fsp3) is 0.278. The predicted molar refractivity (Wildman–Crippen MR) is 103 cm³/mol. The van der Waals surface area contributed by atoms with E-state index in [0.29, 0.717) is 40.3 Å². The Labute approximate surface area is 160 Å². The van der Waals surface area contributed by atoms with Crippen LogP contribution < -0.4 is 10.2 Å². The quantitative estimate of drug-likeness (QED) is 0.740. The van der Waals surface area contributed by atoms with Crippen LogP contribution in [0.3, 0.4) is 0 Å². The largest absolute Gasteiger partial charge is 0.378 e. The summed E-state index contributed by atoms with van der Waals surface area (Å²) in [5, 5.41) is 3.50. The van der Waals surface area contributed by atoms with Gasteiger partial charge < -0.3 is 15.0 Å². The zero-order valence-electron chi connectivity index (χ0n) is 14.8.